The molecule has 0 aliphatic carbocycles. The molecule has 0 saturated heterocycles. The second-order valence-corrected chi connectivity index (χ2v) is 5.21. The molecule has 0 heterocycles. The Balaban J connectivity index is 3.29. The first kappa shape index (κ1) is 20.9. The van der Waals surface area contributed by atoms with Crippen molar-refractivity contribution in [2.45, 2.75) is 40.0 Å². The first-order valence-electron chi connectivity index (χ1n) is 7.58. The molecule has 140 valence electrons. The number of hydrogen-bond donors (Lipinski definition) is 0. The molecule has 0 radical (unpaired) electrons. The van der Waals surface area contributed by atoms with Crippen LogP contribution >= 0.6 is 0 Å². The average molecular weight is 368 g/mol. The van der Waals surface area contributed by atoms with Crippen molar-refractivity contribution >= 4 is 11.9 Å². The van der Waals surface area contributed by atoms with E-state index in [-0.39, 0.29) is 19.4 Å². The SMILES string of the molecule is CCCOC(=O)C(CC)(CC)C(=O)Oc1c(F)c(F)c(F)c(F)c1F. The van der Waals surface area contributed by atoms with Gasteiger partial charge in [-0.15, -0.1) is 0 Å². The highest BCUT2D eigenvalue weighted by atomic mass is 19.2. The van der Waals surface area contributed by atoms with Crippen molar-refractivity contribution < 1.29 is 41.0 Å². The molecule has 0 unspecified atom stereocenters. The van der Waals surface area contributed by atoms with Gasteiger partial charge in [0.05, 0.1) is 6.61 Å². The number of rotatable bonds is 7. The van der Waals surface area contributed by atoms with Crippen LogP contribution in [0.25, 0.3) is 0 Å². The van der Waals surface area contributed by atoms with Gasteiger partial charge in [-0.05, 0) is 19.3 Å². The fraction of sp³-hybridized carbons (Fsp3) is 0.500. The minimum absolute atomic E-state index is 0.00358. The Morgan fingerprint density at radius 3 is 1.64 bits per heavy atom. The predicted molar refractivity (Wildman–Crippen MR) is 76.1 cm³/mol. The summed E-state index contributed by atoms with van der Waals surface area (Å²) in [5.74, 6) is -15.7. The van der Waals surface area contributed by atoms with Gasteiger partial charge in [0.25, 0.3) is 0 Å². The van der Waals surface area contributed by atoms with Crippen LogP contribution in [0, 0.1) is 34.5 Å². The van der Waals surface area contributed by atoms with Crippen LogP contribution in [0.3, 0.4) is 0 Å². The van der Waals surface area contributed by atoms with Crippen molar-refractivity contribution in [1.82, 2.24) is 0 Å². The highest BCUT2D eigenvalue weighted by Crippen LogP contribution is 2.34. The van der Waals surface area contributed by atoms with Gasteiger partial charge in [-0.25, -0.2) is 13.2 Å². The van der Waals surface area contributed by atoms with Gasteiger partial charge in [-0.3, -0.25) is 9.59 Å². The zero-order chi connectivity index (χ0) is 19.4. The first-order chi connectivity index (χ1) is 11.7. The molecule has 1 aromatic carbocycles. The third-order valence-electron chi connectivity index (χ3n) is 3.79. The Morgan fingerprint density at radius 1 is 0.800 bits per heavy atom. The third-order valence-corrected chi connectivity index (χ3v) is 3.79. The fourth-order valence-electron chi connectivity index (χ4n) is 2.11. The fourth-order valence-corrected chi connectivity index (χ4v) is 2.11. The molecule has 0 amide bonds. The van der Waals surface area contributed by atoms with Crippen LogP contribution in [-0.2, 0) is 14.3 Å². The lowest BCUT2D eigenvalue weighted by atomic mass is 9.82. The van der Waals surface area contributed by atoms with E-state index in [1.807, 2.05) is 0 Å². The first-order valence-corrected chi connectivity index (χ1v) is 7.58. The molecule has 0 saturated carbocycles. The van der Waals surface area contributed by atoms with Gasteiger partial charge in [0.15, 0.2) is 5.41 Å². The Morgan fingerprint density at radius 2 is 1.24 bits per heavy atom. The van der Waals surface area contributed by atoms with E-state index < -0.39 is 52.2 Å². The summed E-state index contributed by atoms with van der Waals surface area (Å²) in [5.41, 5.74) is -1.92. The monoisotopic (exact) mass is 368 g/mol. The molecule has 0 bridgehead atoms. The average Bonchev–Trinajstić information content (AvgIpc) is 2.61. The number of carbonyl (C=O) groups excluding carboxylic acids is 2. The standard InChI is InChI=1S/C16H17F5O4/c1-4-7-24-14(22)16(5-2,6-3)15(23)25-13-11(20)9(18)8(17)10(19)12(13)21/h4-7H2,1-3H3. The van der Waals surface area contributed by atoms with Crippen LogP contribution in [0.15, 0.2) is 0 Å². The van der Waals surface area contributed by atoms with E-state index in [1.54, 1.807) is 6.92 Å². The number of ether oxygens (including phenoxy) is 2. The predicted octanol–water partition coefficient (Wildman–Crippen LogP) is 4.05. The lowest BCUT2D eigenvalue weighted by Crippen LogP contribution is -2.43. The lowest BCUT2D eigenvalue weighted by molar-refractivity contribution is -0.168. The van der Waals surface area contributed by atoms with Gasteiger partial charge in [0.2, 0.25) is 34.8 Å². The minimum Gasteiger partial charge on any atom is -0.465 e. The van der Waals surface area contributed by atoms with E-state index in [0.717, 1.165) is 0 Å². The van der Waals surface area contributed by atoms with Gasteiger partial charge >= 0.3 is 11.9 Å². The molecule has 0 aliphatic heterocycles. The van der Waals surface area contributed by atoms with Gasteiger partial charge < -0.3 is 9.47 Å². The van der Waals surface area contributed by atoms with E-state index in [2.05, 4.69) is 4.74 Å². The Kier molecular flexibility index (Phi) is 6.89. The summed E-state index contributed by atoms with van der Waals surface area (Å²) in [6, 6.07) is 0. The van der Waals surface area contributed by atoms with Crippen LogP contribution in [0.2, 0.25) is 0 Å². The summed E-state index contributed by atoms with van der Waals surface area (Å²) >= 11 is 0. The number of carbonyl (C=O) groups is 2. The number of benzene rings is 1. The van der Waals surface area contributed by atoms with Gasteiger partial charge in [0, 0.05) is 0 Å². The molecule has 25 heavy (non-hydrogen) atoms. The molecular weight excluding hydrogens is 351 g/mol. The molecule has 4 nitrogen and oxygen atoms in total. The topological polar surface area (TPSA) is 52.6 Å². The maximum atomic E-state index is 13.6. The molecule has 1 aromatic rings. The van der Waals surface area contributed by atoms with Crippen LogP contribution in [0.4, 0.5) is 22.0 Å². The normalized spacial score (nSPS) is 11.4. The van der Waals surface area contributed by atoms with Gasteiger partial charge in [0.1, 0.15) is 0 Å². The van der Waals surface area contributed by atoms with Gasteiger partial charge in [-0.1, -0.05) is 20.8 Å². The molecular formula is C16H17F5O4. The summed E-state index contributed by atoms with van der Waals surface area (Å²) in [4.78, 5) is 24.5. The summed E-state index contributed by atoms with van der Waals surface area (Å²) in [6.07, 6.45) is 0.155. The zero-order valence-electron chi connectivity index (χ0n) is 13.9. The largest absolute Gasteiger partial charge is 0.465 e. The highest BCUT2D eigenvalue weighted by Gasteiger charge is 2.47. The van der Waals surface area contributed by atoms with Crippen molar-refractivity contribution in [1.29, 1.82) is 0 Å². The maximum Gasteiger partial charge on any atom is 0.329 e. The summed E-state index contributed by atoms with van der Waals surface area (Å²) in [6.45, 7) is 4.56. The quantitative estimate of drug-likeness (QED) is 0.182. The Hall–Kier alpha value is -2.19. The molecule has 1 rings (SSSR count). The number of halogens is 5. The Labute approximate surface area is 140 Å². The van der Waals surface area contributed by atoms with E-state index >= 15 is 0 Å². The van der Waals surface area contributed by atoms with E-state index in [0.29, 0.717) is 6.42 Å². The molecule has 0 atom stereocenters. The summed E-state index contributed by atoms with van der Waals surface area (Å²) < 4.78 is 76.0. The molecule has 0 aliphatic rings. The highest BCUT2D eigenvalue weighted by molar-refractivity contribution is 6.00. The van der Waals surface area contributed by atoms with Gasteiger partial charge in [-0.2, -0.15) is 8.78 Å². The second-order valence-electron chi connectivity index (χ2n) is 5.21. The van der Waals surface area contributed by atoms with Crippen molar-refractivity contribution in [2.24, 2.45) is 5.41 Å². The number of hydrogen-bond acceptors (Lipinski definition) is 4. The third kappa shape index (κ3) is 3.74. The zero-order valence-corrected chi connectivity index (χ0v) is 13.9. The van der Waals surface area contributed by atoms with Crippen LogP contribution in [0.5, 0.6) is 5.75 Å². The minimum atomic E-state index is -2.38. The summed E-state index contributed by atoms with van der Waals surface area (Å²) in [7, 11) is 0. The van der Waals surface area contributed by atoms with Crippen molar-refractivity contribution in [2.75, 3.05) is 6.61 Å². The molecule has 0 fully saturated rings. The van der Waals surface area contributed by atoms with E-state index in [1.165, 1.54) is 13.8 Å². The van der Waals surface area contributed by atoms with Crippen molar-refractivity contribution in [3.8, 4) is 5.75 Å². The smallest absolute Gasteiger partial charge is 0.329 e. The van der Waals surface area contributed by atoms with Crippen LogP contribution in [0.1, 0.15) is 40.0 Å². The number of esters is 2. The lowest BCUT2D eigenvalue weighted by Gasteiger charge is -2.26. The maximum absolute atomic E-state index is 13.6. The van der Waals surface area contributed by atoms with Crippen molar-refractivity contribution in [3.63, 3.8) is 0 Å². The van der Waals surface area contributed by atoms with E-state index in [9.17, 15) is 31.5 Å². The summed E-state index contributed by atoms with van der Waals surface area (Å²) in [5, 5.41) is 0. The van der Waals surface area contributed by atoms with Crippen LogP contribution < -0.4 is 4.74 Å². The van der Waals surface area contributed by atoms with Crippen molar-refractivity contribution in [3.05, 3.63) is 29.1 Å². The second kappa shape index (κ2) is 8.26. The molecule has 0 spiro atoms. The molecule has 0 N–H and O–H groups in total. The van der Waals surface area contributed by atoms with E-state index in [4.69, 9.17) is 4.74 Å². The molecule has 9 heteroatoms. The van der Waals surface area contributed by atoms with Crippen LogP contribution in [-0.4, -0.2) is 18.5 Å². The molecule has 0 aromatic heterocycles. The Bertz CT molecular complexity index is 642.